The number of carbonyl (C=O) groups is 1. The van der Waals surface area contributed by atoms with Crippen LogP contribution >= 0.6 is 0 Å². The first-order valence-corrected chi connectivity index (χ1v) is 13.3. The van der Waals surface area contributed by atoms with Gasteiger partial charge in [0.25, 0.3) is 0 Å². The van der Waals surface area contributed by atoms with Gasteiger partial charge >= 0.3 is 0 Å². The molecule has 3 aliphatic heterocycles. The quantitative estimate of drug-likeness (QED) is 0.605. The molecule has 8 nitrogen and oxygen atoms in total. The van der Waals surface area contributed by atoms with Crippen LogP contribution in [0.25, 0.3) is 0 Å². The number of piperazine rings is 2. The van der Waals surface area contributed by atoms with Crippen LogP contribution in [0.5, 0.6) is 0 Å². The van der Waals surface area contributed by atoms with Gasteiger partial charge < -0.3 is 19.6 Å². The first-order chi connectivity index (χ1) is 17.2. The summed E-state index contributed by atoms with van der Waals surface area (Å²) in [6.45, 7) is 12.0. The lowest BCUT2D eigenvalue weighted by atomic mass is 9.97. The Hall–Kier alpha value is -2.71. The average molecular weight is 478 g/mol. The maximum atomic E-state index is 12.9. The number of hydrogen-bond donors (Lipinski definition) is 0. The number of anilines is 2. The Kier molecular flexibility index (Phi) is 8.10. The number of aromatic nitrogens is 2. The number of hydrogen-bond acceptors (Lipinski definition) is 7. The topological polar surface area (TPSA) is 59.1 Å². The van der Waals surface area contributed by atoms with Crippen LogP contribution in [0, 0.1) is 5.92 Å². The Bertz CT molecular complexity index is 912. The van der Waals surface area contributed by atoms with E-state index < -0.39 is 0 Å². The molecular formula is C27H39N7O. The zero-order valence-electron chi connectivity index (χ0n) is 20.8. The van der Waals surface area contributed by atoms with Crippen LogP contribution < -0.4 is 9.80 Å². The highest BCUT2D eigenvalue weighted by Gasteiger charge is 2.26. The highest BCUT2D eigenvalue weighted by Crippen LogP contribution is 2.20. The molecule has 0 spiro atoms. The fourth-order valence-corrected chi connectivity index (χ4v) is 5.71. The normalized spacial score (nSPS) is 22.4. The molecule has 5 rings (SSSR count). The number of nitrogens with zero attached hydrogens (tertiary/aromatic N) is 7. The van der Waals surface area contributed by atoms with Crippen molar-refractivity contribution in [2.24, 2.45) is 5.92 Å². The second-order valence-corrected chi connectivity index (χ2v) is 10.1. The monoisotopic (exact) mass is 477 g/mol. The van der Waals surface area contributed by atoms with Gasteiger partial charge in [0.15, 0.2) is 0 Å². The van der Waals surface area contributed by atoms with E-state index in [2.05, 4.69) is 41.7 Å². The fraction of sp³-hybridized carbons (Fsp3) is 0.593. The number of carbonyl (C=O) groups excluding carboxylic acids is 1. The van der Waals surface area contributed by atoms with Crippen molar-refractivity contribution in [3.63, 3.8) is 0 Å². The standard InChI is InChI=1S/C27H39N7O/c35-27(34-20-18-33(19-21-34)26-8-2-4-11-29-26)9-13-30-12-5-6-24(22-30)23-31-14-16-32(17-15-31)25-7-1-3-10-28-25/h1-4,7-8,10-11,24H,5-6,9,12-23H2/t24-/m0/s1. The van der Waals surface area contributed by atoms with Gasteiger partial charge in [0.2, 0.25) is 5.91 Å². The minimum absolute atomic E-state index is 0.304. The van der Waals surface area contributed by atoms with Crippen LogP contribution in [-0.4, -0.2) is 109 Å². The van der Waals surface area contributed by atoms with Gasteiger partial charge in [-0.05, 0) is 49.6 Å². The highest BCUT2D eigenvalue weighted by atomic mass is 16.2. The second-order valence-electron chi connectivity index (χ2n) is 10.1. The maximum Gasteiger partial charge on any atom is 0.223 e. The first kappa shape index (κ1) is 24.0. The lowest BCUT2D eigenvalue weighted by molar-refractivity contribution is -0.132. The van der Waals surface area contributed by atoms with Crippen molar-refractivity contribution >= 4 is 17.5 Å². The van der Waals surface area contributed by atoms with E-state index in [1.807, 2.05) is 41.6 Å². The van der Waals surface area contributed by atoms with Crippen LogP contribution in [0.1, 0.15) is 19.3 Å². The molecule has 188 valence electrons. The third-order valence-corrected chi connectivity index (χ3v) is 7.71. The Morgan fingerprint density at radius 2 is 1.40 bits per heavy atom. The molecule has 0 unspecified atom stereocenters. The van der Waals surface area contributed by atoms with Gasteiger partial charge in [-0.25, -0.2) is 9.97 Å². The van der Waals surface area contributed by atoms with Crippen molar-refractivity contribution in [3.8, 4) is 0 Å². The second kappa shape index (κ2) is 11.8. The maximum absolute atomic E-state index is 12.9. The predicted molar refractivity (Wildman–Crippen MR) is 140 cm³/mol. The fourth-order valence-electron chi connectivity index (χ4n) is 5.71. The molecule has 3 fully saturated rings. The predicted octanol–water partition coefficient (Wildman–Crippen LogP) is 2.05. The molecule has 35 heavy (non-hydrogen) atoms. The Labute approximate surface area is 209 Å². The average Bonchev–Trinajstić information content (AvgIpc) is 2.93. The SMILES string of the molecule is O=C(CCN1CCC[C@H](CN2CCN(c3ccccn3)CC2)C1)N1CCN(c2ccccn2)CC1. The molecule has 0 N–H and O–H groups in total. The highest BCUT2D eigenvalue weighted by molar-refractivity contribution is 5.76. The van der Waals surface area contributed by atoms with Crippen LogP contribution in [0.15, 0.2) is 48.8 Å². The Morgan fingerprint density at radius 3 is 2.00 bits per heavy atom. The van der Waals surface area contributed by atoms with E-state index in [4.69, 9.17) is 0 Å². The van der Waals surface area contributed by atoms with Crippen molar-refractivity contribution < 1.29 is 4.79 Å². The summed E-state index contributed by atoms with van der Waals surface area (Å²) in [5.41, 5.74) is 0. The van der Waals surface area contributed by atoms with Crippen LogP contribution in [0.3, 0.4) is 0 Å². The number of piperidine rings is 1. The molecule has 0 aliphatic carbocycles. The largest absolute Gasteiger partial charge is 0.354 e. The summed E-state index contributed by atoms with van der Waals surface area (Å²) in [6.07, 6.45) is 6.90. The third kappa shape index (κ3) is 6.49. The lowest BCUT2D eigenvalue weighted by Crippen LogP contribution is -2.50. The molecule has 1 amide bonds. The van der Waals surface area contributed by atoms with Crippen LogP contribution in [0.2, 0.25) is 0 Å². The molecule has 0 saturated carbocycles. The van der Waals surface area contributed by atoms with Crippen LogP contribution in [-0.2, 0) is 4.79 Å². The van der Waals surface area contributed by atoms with Crippen molar-refractivity contribution in [1.82, 2.24) is 24.7 Å². The molecular weight excluding hydrogens is 438 g/mol. The molecule has 3 saturated heterocycles. The molecule has 0 aromatic carbocycles. The van der Waals surface area contributed by atoms with Crippen LogP contribution in [0.4, 0.5) is 11.6 Å². The van der Waals surface area contributed by atoms with Gasteiger partial charge in [-0.2, -0.15) is 0 Å². The van der Waals surface area contributed by atoms with E-state index in [-0.39, 0.29) is 0 Å². The van der Waals surface area contributed by atoms with Gasteiger partial charge in [-0.3, -0.25) is 9.69 Å². The van der Waals surface area contributed by atoms with E-state index in [1.165, 1.54) is 19.4 Å². The van der Waals surface area contributed by atoms with Crippen molar-refractivity contribution in [2.45, 2.75) is 19.3 Å². The molecule has 0 radical (unpaired) electrons. The zero-order valence-corrected chi connectivity index (χ0v) is 20.8. The van der Waals surface area contributed by atoms with Gasteiger partial charge in [-0.1, -0.05) is 12.1 Å². The van der Waals surface area contributed by atoms with E-state index >= 15 is 0 Å². The Balaban J connectivity index is 1.01. The van der Waals surface area contributed by atoms with Gasteiger partial charge in [0.05, 0.1) is 0 Å². The molecule has 0 bridgehead atoms. The molecule has 2 aromatic heterocycles. The lowest BCUT2D eigenvalue weighted by Gasteiger charge is -2.40. The van der Waals surface area contributed by atoms with Gasteiger partial charge in [0, 0.05) is 90.8 Å². The number of amides is 1. The number of likely N-dealkylation sites (tertiary alicyclic amines) is 1. The minimum Gasteiger partial charge on any atom is -0.354 e. The summed E-state index contributed by atoms with van der Waals surface area (Å²) >= 11 is 0. The molecule has 1 atom stereocenters. The summed E-state index contributed by atoms with van der Waals surface area (Å²) in [5, 5.41) is 0. The van der Waals surface area contributed by atoms with E-state index in [0.717, 1.165) is 83.6 Å². The molecule has 3 aliphatic rings. The van der Waals surface area contributed by atoms with Gasteiger partial charge in [-0.15, -0.1) is 0 Å². The van der Waals surface area contributed by atoms with E-state index in [9.17, 15) is 4.79 Å². The van der Waals surface area contributed by atoms with Crippen molar-refractivity contribution in [3.05, 3.63) is 48.8 Å². The molecule has 2 aromatic rings. The van der Waals surface area contributed by atoms with Crippen molar-refractivity contribution in [1.29, 1.82) is 0 Å². The smallest absolute Gasteiger partial charge is 0.223 e. The third-order valence-electron chi connectivity index (χ3n) is 7.71. The summed E-state index contributed by atoms with van der Waals surface area (Å²) in [5.74, 6) is 3.12. The number of rotatable bonds is 7. The van der Waals surface area contributed by atoms with Crippen molar-refractivity contribution in [2.75, 3.05) is 88.3 Å². The summed E-state index contributed by atoms with van der Waals surface area (Å²) in [4.78, 5) is 33.7. The van der Waals surface area contributed by atoms with Gasteiger partial charge in [0.1, 0.15) is 11.6 Å². The zero-order chi connectivity index (χ0) is 23.9. The number of pyridine rings is 2. The summed E-state index contributed by atoms with van der Waals surface area (Å²) in [7, 11) is 0. The summed E-state index contributed by atoms with van der Waals surface area (Å²) < 4.78 is 0. The first-order valence-electron chi connectivity index (χ1n) is 13.3. The van der Waals surface area contributed by atoms with E-state index in [0.29, 0.717) is 18.2 Å². The molecule has 5 heterocycles. The summed E-state index contributed by atoms with van der Waals surface area (Å²) in [6, 6.07) is 12.2. The Morgan fingerprint density at radius 1 is 0.771 bits per heavy atom. The van der Waals surface area contributed by atoms with E-state index in [1.54, 1.807) is 0 Å². The minimum atomic E-state index is 0.304. The molecule has 8 heteroatoms.